The van der Waals surface area contributed by atoms with Crippen molar-refractivity contribution in [1.82, 2.24) is 16.0 Å². The second-order valence-corrected chi connectivity index (χ2v) is 8.98. The molecule has 0 heterocycles. The number of carboxylic acid groups (broad SMARTS) is 3. The van der Waals surface area contributed by atoms with Crippen LogP contribution < -0.4 is 33.2 Å². The zero-order chi connectivity index (χ0) is 31.1. The summed E-state index contributed by atoms with van der Waals surface area (Å²) < 4.78 is 0. The molecule has 4 atom stereocenters. The maximum atomic E-state index is 13.0. The Morgan fingerprint density at radius 3 is 1.88 bits per heavy atom. The molecule has 1 aromatic rings. The topological polar surface area (TPSA) is 310 Å². The molecule has 0 bridgehead atoms. The van der Waals surface area contributed by atoms with E-state index in [-0.39, 0.29) is 37.5 Å². The Labute approximate surface area is 234 Å². The molecular formula is C24H35N7O10. The van der Waals surface area contributed by atoms with E-state index >= 15 is 0 Å². The van der Waals surface area contributed by atoms with Gasteiger partial charge < -0.3 is 53.6 Å². The first-order valence-corrected chi connectivity index (χ1v) is 12.4. The van der Waals surface area contributed by atoms with Crippen LogP contribution in [0, 0.1) is 0 Å². The summed E-state index contributed by atoms with van der Waals surface area (Å²) in [6.07, 6.45) is -1.91. The minimum absolute atomic E-state index is 0.00208. The van der Waals surface area contributed by atoms with Gasteiger partial charge >= 0.3 is 17.9 Å². The van der Waals surface area contributed by atoms with Gasteiger partial charge in [0.2, 0.25) is 17.7 Å². The third-order valence-electron chi connectivity index (χ3n) is 5.58. The highest BCUT2D eigenvalue weighted by molar-refractivity contribution is 5.95. The van der Waals surface area contributed by atoms with E-state index in [1.165, 1.54) is 24.3 Å². The summed E-state index contributed by atoms with van der Waals surface area (Å²) in [5.74, 6) is -7.51. The Kier molecular flexibility index (Phi) is 14.1. The van der Waals surface area contributed by atoms with Gasteiger partial charge in [-0.25, -0.2) is 4.79 Å². The van der Waals surface area contributed by atoms with E-state index in [0.29, 0.717) is 5.56 Å². The van der Waals surface area contributed by atoms with Crippen LogP contribution in [0.15, 0.2) is 29.3 Å². The van der Waals surface area contributed by atoms with Crippen molar-refractivity contribution >= 4 is 41.6 Å². The standard InChI is InChI=1S/C24H35N7O10/c25-14(10-12-3-5-13(32)6-4-12)20(37)29-15(7-8-18(33)34)21(38)31-17(11-19(35)36)22(39)30-16(23(40)41)2-1-9-28-24(26)27/h3-6,14-17,32H,1-2,7-11,25H2,(H,29,37)(H,30,39)(H,31,38)(H,33,34)(H,35,36)(H,40,41)(H4,26,27,28). The van der Waals surface area contributed by atoms with E-state index < -0.39 is 79.1 Å². The van der Waals surface area contributed by atoms with Gasteiger partial charge in [0.05, 0.1) is 12.5 Å². The van der Waals surface area contributed by atoms with Gasteiger partial charge in [0.15, 0.2) is 5.96 Å². The number of carbonyl (C=O) groups excluding carboxylic acids is 3. The number of aliphatic carboxylic acids is 3. The molecule has 0 spiro atoms. The van der Waals surface area contributed by atoms with Crippen LogP contribution in [-0.4, -0.2) is 92.7 Å². The first-order chi connectivity index (χ1) is 19.2. The molecule has 0 aromatic heterocycles. The third-order valence-corrected chi connectivity index (χ3v) is 5.58. The summed E-state index contributed by atoms with van der Waals surface area (Å²) in [5, 5.41) is 43.7. The van der Waals surface area contributed by atoms with Crippen LogP contribution in [0.1, 0.15) is 37.7 Å². The molecule has 3 amide bonds. The molecule has 226 valence electrons. The Bertz CT molecular complexity index is 1120. The predicted octanol–water partition coefficient (Wildman–Crippen LogP) is -2.81. The van der Waals surface area contributed by atoms with Crippen LogP contribution in [0.5, 0.6) is 5.75 Å². The summed E-state index contributed by atoms with van der Waals surface area (Å²) in [5.41, 5.74) is 16.9. The lowest BCUT2D eigenvalue weighted by Crippen LogP contribution is -2.57. The van der Waals surface area contributed by atoms with Gasteiger partial charge in [-0.05, 0) is 43.4 Å². The van der Waals surface area contributed by atoms with Crippen LogP contribution in [0.2, 0.25) is 0 Å². The van der Waals surface area contributed by atoms with Crippen molar-refractivity contribution in [1.29, 1.82) is 0 Å². The van der Waals surface area contributed by atoms with E-state index in [2.05, 4.69) is 20.9 Å². The highest BCUT2D eigenvalue weighted by atomic mass is 16.4. The zero-order valence-corrected chi connectivity index (χ0v) is 22.0. The second-order valence-electron chi connectivity index (χ2n) is 8.98. The van der Waals surface area contributed by atoms with Crippen LogP contribution >= 0.6 is 0 Å². The number of hydrogen-bond donors (Lipinski definition) is 10. The number of aliphatic imine (C=N–C) groups is 1. The Morgan fingerprint density at radius 2 is 1.34 bits per heavy atom. The molecule has 1 rings (SSSR count). The minimum Gasteiger partial charge on any atom is -0.508 e. The Balaban J connectivity index is 2.99. The van der Waals surface area contributed by atoms with Gasteiger partial charge in [-0.1, -0.05) is 12.1 Å². The first-order valence-electron chi connectivity index (χ1n) is 12.4. The van der Waals surface area contributed by atoms with Crippen molar-refractivity contribution < 1.29 is 49.2 Å². The molecular weight excluding hydrogens is 546 g/mol. The van der Waals surface area contributed by atoms with Gasteiger partial charge in [0.1, 0.15) is 23.9 Å². The third kappa shape index (κ3) is 13.6. The Hall–Kier alpha value is -4.93. The second kappa shape index (κ2) is 16.9. The lowest BCUT2D eigenvalue weighted by Gasteiger charge is -2.24. The summed E-state index contributed by atoms with van der Waals surface area (Å²) in [6.45, 7) is 0.0666. The highest BCUT2D eigenvalue weighted by Gasteiger charge is 2.31. The van der Waals surface area contributed by atoms with E-state index in [1.807, 2.05) is 0 Å². The number of phenols is 1. The molecule has 13 N–H and O–H groups in total. The van der Waals surface area contributed by atoms with Crippen LogP contribution in [0.3, 0.4) is 0 Å². The summed E-state index contributed by atoms with van der Waals surface area (Å²) in [6, 6.07) is -0.128. The molecule has 41 heavy (non-hydrogen) atoms. The number of guanidine groups is 1. The molecule has 0 saturated heterocycles. The van der Waals surface area contributed by atoms with E-state index in [4.69, 9.17) is 22.3 Å². The number of hydrogen-bond acceptors (Lipinski definition) is 9. The molecule has 17 nitrogen and oxygen atoms in total. The van der Waals surface area contributed by atoms with Crippen molar-refractivity contribution in [3.63, 3.8) is 0 Å². The molecule has 0 aliphatic heterocycles. The fourth-order valence-corrected chi connectivity index (χ4v) is 3.48. The molecule has 1 aromatic carbocycles. The van der Waals surface area contributed by atoms with E-state index in [1.54, 1.807) is 0 Å². The fraction of sp³-hybridized carbons (Fsp3) is 0.458. The summed E-state index contributed by atoms with van der Waals surface area (Å²) in [7, 11) is 0. The molecule has 17 heteroatoms. The number of carbonyl (C=O) groups is 6. The number of nitrogens with one attached hydrogen (secondary N) is 3. The van der Waals surface area contributed by atoms with Gasteiger partial charge in [0, 0.05) is 13.0 Å². The number of nitrogens with two attached hydrogens (primary N) is 3. The lowest BCUT2D eigenvalue weighted by atomic mass is 10.0. The fourth-order valence-electron chi connectivity index (χ4n) is 3.48. The van der Waals surface area contributed by atoms with Crippen LogP contribution in [0.25, 0.3) is 0 Å². The molecule has 0 aliphatic carbocycles. The van der Waals surface area contributed by atoms with E-state index in [9.17, 15) is 44.1 Å². The smallest absolute Gasteiger partial charge is 0.326 e. The largest absolute Gasteiger partial charge is 0.508 e. The van der Waals surface area contributed by atoms with Gasteiger partial charge in [0.25, 0.3) is 0 Å². The van der Waals surface area contributed by atoms with Gasteiger partial charge in [-0.2, -0.15) is 0 Å². The summed E-state index contributed by atoms with van der Waals surface area (Å²) in [4.78, 5) is 76.2. The van der Waals surface area contributed by atoms with Crippen molar-refractivity contribution in [2.24, 2.45) is 22.2 Å². The number of rotatable bonds is 18. The minimum atomic E-state index is -1.77. The maximum Gasteiger partial charge on any atom is 0.326 e. The maximum absolute atomic E-state index is 13.0. The SMILES string of the molecule is NC(N)=NCCCC(NC(=O)C(CC(=O)O)NC(=O)C(CCC(=O)O)NC(=O)C(N)Cc1ccc(O)cc1)C(=O)O. The van der Waals surface area contributed by atoms with Gasteiger partial charge in [-0.15, -0.1) is 0 Å². The molecule has 0 aliphatic rings. The normalized spacial score (nSPS) is 13.5. The van der Waals surface area contributed by atoms with Crippen molar-refractivity contribution in [2.45, 2.75) is 62.7 Å². The number of benzene rings is 1. The quantitative estimate of drug-likeness (QED) is 0.0476. The lowest BCUT2D eigenvalue weighted by molar-refractivity contribution is -0.143. The molecule has 0 saturated carbocycles. The van der Waals surface area contributed by atoms with E-state index in [0.717, 1.165) is 0 Å². The van der Waals surface area contributed by atoms with Crippen molar-refractivity contribution in [3.05, 3.63) is 29.8 Å². The number of phenolic OH excluding ortho intramolecular Hbond substituents is 1. The average Bonchev–Trinajstić information content (AvgIpc) is 2.88. The van der Waals surface area contributed by atoms with Crippen molar-refractivity contribution in [3.8, 4) is 5.75 Å². The number of amides is 3. The number of nitrogens with zero attached hydrogens (tertiary/aromatic N) is 1. The summed E-state index contributed by atoms with van der Waals surface area (Å²) >= 11 is 0. The molecule has 4 unspecified atom stereocenters. The monoisotopic (exact) mass is 581 g/mol. The van der Waals surface area contributed by atoms with Crippen molar-refractivity contribution in [2.75, 3.05) is 6.54 Å². The van der Waals surface area contributed by atoms with Crippen LogP contribution in [0.4, 0.5) is 0 Å². The number of carboxylic acids is 3. The molecule has 0 fully saturated rings. The number of aromatic hydroxyl groups is 1. The zero-order valence-electron chi connectivity index (χ0n) is 22.0. The highest BCUT2D eigenvalue weighted by Crippen LogP contribution is 2.11. The van der Waals surface area contributed by atoms with Gasteiger partial charge in [-0.3, -0.25) is 29.0 Å². The average molecular weight is 582 g/mol. The molecule has 0 radical (unpaired) electrons. The van der Waals surface area contributed by atoms with Crippen LogP contribution in [-0.2, 0) is 35.2 Å². The Morgan fingerprint density at radius 1 is 0.780 bits per heavy atom. The first kappa shape index (κ1) is 34.1. The predicted molar refractivity (Wildman–Crippen MR) is 142 cm³/mol.